The largest absolute Gasteiger partial charge is 0.493 e. The smallest absolute Gasteiger partial charge is 0.268 e. The van der Waals surface area contributed by atoms with E-state index < -0.39 is 43.2 Å². The molecule has 1 aromatic heterocycles. The zero-order chi connectivity index (χ0) is 35.2. The minimum atomic E-state index is -1.66. The molecule has 49 heavy (non-hydrogen) atoms. The van der Waals surface area contributed by atoms with Gasteiger partial charge in [0.25, 0.3) is 11.8 Å². The van der Waals surface area contributed by atoms with Gasteiger partial charge in [0.15, 0.2) is 17.7 Å². The van der Waals surface area contributed by atoms with Crippen molar-refractivity contribution in [3.8, 4) is 11.5 Å². The van der Waals surface area contributed by atoms with E-state index in [0.29, 0.717) is 48.7 Å². The summed E-state index contributed by atoms with van der Waals surface area (Å²) in [7, 11) is 5.32. The summed E-state index contributed by atoms with van der Waals surface area (Å²) in [5.74, 6) is -0.206. The molecule has 0 aliphatic carbocycles. The Labute approximate surface area is 284 Å². The number of hydrogen-bond donors (Lipinski definition) is 6. The SMILES string of the molecule is COc1cc2c(cc1OCCCC(=O)Nc1cc(C(=O)NCCCN(C)C)n([C@H]3O[C@H](CO)[C@@H](O)[C@@H](O)[C@H]3O)c1)N=C[C@H]1CCCN1C2=O. The molecular formula is C33H46N6O10. The molecule has 1 aromatic carbocycles. The maximum absolute atomic E-state index is 13.2. The molecule has 16 heteroatoms. The number of aliphatic hydroxyl groups excluding tert-OH is 4. The van der Waals surface area contributed by atoms with Crippen LogP contribution in [-0.4, -0.2) is 143 Å². The molecule has 0 saturated carbocycles. The van der Waals surface area contributed by atoms with Gasteiger partial charge in [-0.05, 0) is 58.5 Å². The summed E-state index contributed by atoms with van der Waals surface area (Å²) in [6.07, 6.45) is -1.38. The van der Waals surface area contributed by atoms with Crippen LogP contribution in [0.4, 0.5) is 11.4 Å². The predicted molar refractivity (Wildman–Crippen MR) is 178 cm³/mol. The molecule has 0 unspecified atom stereocenters. The summed E-state index contributed by atoms with van der Waals surface area (Å²) in [4.78, 5) is 47.6. The van der Waals surface area contributed by atoms with Gasteiger partial charge in [0, 0.05) is 38.0 Å². The average molecular weight is 687 g/mol. The standard InChI is InChI=1S/C33H46N6O10/c1-37(2)10-6-9-34-31(45)23-13-19(17-39(23)33-30(44)29(43)28(42)26(18-40)49-33)36-27(41)8-5-12-48-25-15-22-21(14-24(25)47-3)32(46)38-11-4-7-20(38)16-35-22/h13-17,20,26,28-30,33,40,42-44H,4-12,18H2,1-3H3,(H,34,45)(H,36,41)/t20-,26-,28-,29-,30-,33+/m1/s1. The number of carbonyl (C=O) groups excluding carboxylic acids is 3. The van der Waals surface area contributed by atoms with E-state index in [1.165, 1.54) is 23.9 Å². The van der Waals surface area contributed by atoms with E-state index in [4.69, 9.17) is 14.2 Å². The molecule has 2 saturated heterocycles. The second kappa shape index (κ2) is 16.1. The summed E-state index contributed by atoms with van der Waals surface area (Å²) in [5.41, 5.74) is 1.21. The number of ether oxygens (including phenoxy) is 3. The van der Waals surface area contributed by atoms with Crippen LogP contribution in [0, 0.1) is 0 Å². The van der Waals surface area contributed by atoms with Crippen molar-refractivity contribution >= 4 is 35.3 Å². The van der Waals surface area contributed by atoms with Gasteiger partial charge >= 0.3 is 0 Å². The highest BCUT2D eigenvalue weighted by molar-refractivity contribution is 6.03. The third kappa shape index (κ3) is 8.22. The van der Waals surface area contributed by atoms with Gasteiger partial charge in [-0.2, -0.15) is 0 Å². The first-order valence-electron chi connectivity index (χ1n) is 16.5. The van der Waals surface area contributed by atoms with E-state index in [0.717, 1.165) is 19.4 Å². The maximum atomic E-state index is 13.2. The average Bonchev–Trinajstić information content (AvgIpc) is 3.71. The molecule has 3 amide bonds. The van der Waals surface area contributed by atoms with E-state index in [-0.39, 0.29) is 42.3 Å². The first kappa shape index (κ1) is 36.2. The molecule has 5 rings (SSSR count). The van der Waals surface area contributed by atoms with Crippen LogP contribution in [0.15, 0.2) is 29.4 Å². The number of anilines is 1. The Hall–Kier alpha value is -4.06. The lowest BCUT2D eigenvalue weighted by Gasteiger charge is -2.40. The molecule has 0 spiro atoms. The van der Waals surface area contributed by atoms with Crippen LogP contribution in [0.1, 0.15) is 59.2 Å². The lowest BCUT2D eigenvalue weighted by Crippen LogP contribution is -2.56. The molecule has 2 fully saturated rings. The number of methoxy groups -OCH3 is 1. The van der Waals surface area contributed by atoms with E-state index in [1.54, 1.807) is 18.3 Å². The summed E-state index contributed by atoms with van der Waals surface area (Å²) < 4.78 is 18.4. The van der Waals surface area contributed by atoms with Crippen molar-refractivity contribution in [3.63, 3.8) is 0 Å². The minimum absolute atomic E-state index is 0.0264. The highest BCUT2D eigenvalue weighted by Gasteiger charge is 2.45. The molecule has 6 atom stereocenters. The summed E-state index contributed by atoms with van der Waals surface area (Å²) >= 11 is 0. The highest BCUT2D eigenvalue weighted by Crippen LogP contribution is 2.38. The van der Waals surface area contributed by atoms with Crippen molar-refractivity contribution in [2.24, 2.45) is 4.99 Å². The Morgan fingerprint density at radius 3 is 2.63 bits per heavy atom. The molecule has 3 aliphatic heterocycles. The van der Waals surface area contributed by atoms with Gasteiger partial charge in [0.2, 0.25) is 5.91 Å². The molecule has 0 bridgehead atoms. The second-order valence-electron chi connectivity index (χ2n) is 12.7. The van der Waals surface area contributed by atoms with Gasteiger partial charge in [0.1, 0.15) is 30.1 Å². The number of aliphatic hydroxyl groups is 4. The van der Waals surface area contributed by atoms with Gasteiger partial charge in [-0.1, -0.05) is 0 Å². The Morgan fingerprint density at radius 1 is 1.10 bits per heavy atom. The van der Waals surface area contributed by atoms with Crippen molar-refractivity contribution in [2.75, 3.05) is 59.4 Å². The maximum Gasteiger partial charge on any atom is 0.268 e. The highest BCUT2D eigenvalue weighted by atomic mass is 16.6. The fraction of sp³-hybridized carbons (Fsp3) is 0.576. The number of amides is 3. The summed E-state index contributed by atoms with van der Waals surface area (Å²) in [6.45, 7) is 1.30. The predicted octanol–water partition coefficient (Wildman–Crippen LogP) is 0.269. The molecule has 0 radical (unpaired) electrons. The minimum Gasteiger partial charge on any atom is -0.493 e. The molecule has 2 aromatic rings. The fourth-order valence-corrected chi connectivity index (χ4v) is 6.20. The van der Waals surface area contributed by atoms with Crippen LogP contribution >= 0.6 is 0 Å². The molecular weight excluding hydrogens is 640 g/mol. The van der Waals surface area contributed by atoms with Crippen LogP contribution in [-0.2, 0) is 9.53 Å². The monoisotopic (exact) mass is 686 g/mol. The quantitative estimate of drug-likeness (QED) is 0.149. The lowest BCUT2D eigenvalue weighted by atomic mass is 9.98. The number of nitrogens with one attached hydrogen (secondary N) is 2. The van der Waals surface area contributed by atoms with Crippen LogP contribution < -0.4 is 20.1 Å². The van der Waals surface area contributed by atoms with Crippen LogP contribution in [0.2, 0.25) is 0 Å². The lowest BCUT2D eigenvalue weighted by molar-refractivity contribution is -0.251. The number of fused-ring (bicyclic) bond motifs is 2. The third-order valence-electron chi connectivity index (χ3n) is 8.84. The van der Waals surface area contributed by atoms with E-state index in [2.05, 4.69) is 15.6 Å². The van der Waals surface area contributed by atoms with E-state index in [1.807, 2.05) is 23.9 Å². The normalized spacial score (nSPS) is 24.7. The number of aliphatic imine (C=N–C) groups is 1. The Balaban J connectivity index is 1.23. The van der Waals surface area contributed by atoms with Gasteiger partial charge in [-0.15, -0.1) is 0 Å². The first-order chi connectivity index (χ1) is 23.5. The van der Waals surface area contributed by atoms with Gasteiger partial charge < -0.3 is 59.6 Å². The fourth-order valence-electron chi connectivity index (χ4n) is 6.20. The number of aromatic nitrogens is 1. The number of benzene rings is 1. The molecule has 4 heterocycles. The van der Waals surface area contributed by atoms with Crippen molar-refractivity contribution < 1.29 is 49.0 Å². The first-order valence-corrected chi connectivity index (χ1v) is 16.5. The molecule has 268 valence electrons. The Bertz CT molecular complexity index is 1530. The third-order valence-corrected chi connectivity index (χ3v) is 8.84. The van der Waals surface area contributed by atoms with Crippen LogP contribution in [0.25, 0.3) is 0 Å². The zero-order valence-corrected chi connectivity index (χ0v) is 27.9. The van der Waals surface area contributed by atoms with Crippen LogP contribution in [0.3, 0.4) is 0 Å². The summed E-state index contributed by atoms with van der Waals surface area (Å²) in [6, 6.07) is 4.69. The number of carbonyl (C=O) groups is 3. The number of hydrogen-bond acceptors (Lipinski definition) is 12. The number of nitrogens with zero attached hydrogens (tertiary/aromatic N) is 4. The van der Waals surface area contributed by atoms with Crippen molar-refractivity contribution in [2.45, 2.75) is 68.8 Å². The van der Waals surface area contributed by atoms with Crippen molar-refractivity contribution in [1.29, 1.82) is 0 Å². The van der Waals surface area contributed by atoms with Gasteiger partial charge in [-0.25, -0.2) is 0 Å². The van der Waals surface area contributed by atoms with E-state index in [9.17, 15) is 34.8 Å². The number of rotatable bonds is 14. The van der Waals surface area contributed by atoms with Crippen molar-refractivity contribution in [1.82, 2.24) is 19.7 Å². The topological polar surface area (TPSA) is 208 Å². The molecule has 6 N–H and O–H groups in total. The zero-order valence-electron chi connectivity index (χ0n) is 27.9. The Kier molecular flexibility index (Phi) is 11.9. The molecule has 16 nitrogen and oxygen atoms in total. The summed E-state index contributed by atoms with van der Waals surface area (Å²) in [5, 5.41) is 46.6. The van der Waals surface area contributed by atoms with Crippen LogP contribution in [0.5, 0.6) is 11.5 Å². The Morgan fingerprint density at radius 2 is 1.90 bits per heavy atom. The van der Waals surface area contributed by atoms with E-state index >= 15 is 0 Å². The second-order valence-corrected chi connectivity index (χ2v) is 12.7. The van der Waals surface area contributed by atoms with Gasteiger partial charge in [0.05, 0.1) is 43.3 Å². The molecule has 3 aliphatic rings. The van der Waals surface area contributed by atoms with Crippen molar-refractivity contribution in [3.05, 3.63) is 35.7 Å². The van der Waals surface area contributed by atoms with Gasteiger partial charge in [-0.3, -0.25) is 19.4 Å².